The Morgan fingerprint density at radius 1 is 1.12 bits per heavy atom. The molecule has 0 aromatic carbocycles. The van der Waals surface area contributed by atoms with E-state index < -0.39 is 0 Å². The second-order valence-corrected chi connectivity index (χ2v) is 6.19. The zero-order chi connectivity index (χ0) is 17.2. The van der Waals surface area contributed by atoms with Crippen molar-refractivity contribution in [2.24, 2.45) is 0 Å². The highest BCUT2D eigenvalue weighted by atomic mass is 15.2. The molecule has 0 N–H and O–H groups in total. The van der Waals surface area contributed by atoms with E-state index in [-0.39, 0.29) is 0 Å². The number of aromatic nitrogens is 3. The van der Waals surface area contributed by atoms with E-state index in [1.165, 1.54) is 5.56 Å². The Bertz CT molecular complexity index is 960. The molecular formula is C20H17N5. The minimum Gasteiger partial charge on any atom is -0.352 e. The van der Waals surface area contributed by atoms with E-state index in [4.69, 9.17) is 6.57 Å². The molecule has 1 aliphatic heterocycles. The summed E-state index contributed by atoms with van der Waals surface area (Å²) < 4.78 is 0. The SMILES string of the molecule is [C-]#[N+]c1cnc(N2CCc3ncc(-c4cccnc4)cc3C2)c(C)c1. The van der Waals surface area contributed by atoms with Gasteiger partial charge < -0.3 is 4.90 Å². The molecule has 0 bridgehead atoms. The summed E-state index contributed by atoms with van der Waals surface area (Å²) in [4.78, 5) is 19.1. The van der Waals surface area contributed by atoms with Gasteiger partial charge in [0.2, 0.25) is 5.69 Å². The molecule has 0 fully saturated rings. The van der Waals surface area contributed by atoms with Gasteiger partial charge in [-0.3, -0.25) is 15.0 Å². The molecule has 0 unspecified atom stereocenters. The van der Waals surface area contributed by atoms with Crippen molar-refractivity contribution in [3.8, 4) is 11.1 Å². The summed E-state index contributed by atoms with van der Waals surface area (Å²) in [6.45, 7) is 10.8. The number of anilines is 1. The molecule has 0 spiro atoms. The molecule has 5 heteroatoms. The van der Waals surface area contributed by atoms with E-state index in [2.05, 4.69) is 30.8 Å². The zero-order valence-electron chi connectivity index (χ0n) is 14.0. The van der Waals surface area contributed by atoms with Crippen LogP contribution in [0.4, 0.5) is 11.5 Å². The third-order valence-corrected chi connectivity index (χ3v) is 4.50. The van der Waals surface area contributed by atoms with Crippen molar-refractivity contribution in [3.05, 3.63) is 77.3 Å². The van der Waals surface area contributed by atoms with E-state index in [1.807, 2.05) is 37.5 Å². The van der Waals surface area contributed by atoms with Gasteiger partial charge in [-0.2, -0.15) is 0 Å². The minimum atomic E-state index is 0.583. The van der Waals surface area contributed by atoms with Gasteiger partial charge in [0.05, 0.1) is 6.57 Å². The van der Waals surface area contributed by atoms with Crippen LogP contribution < -0.4 is 4.90 Å². The summed E-state index contributed by atoms with van der Waals surface area (Å²) in [5, 5.41) is 0. The van der Waals surface area contributed by atoms with Crippen molar-refractivity contribution in [1.29, 1.82) is 0 Å². The normalized spacial score (nSPS) is 13.2. The Hall–Kier alpha value is -3.26. The minimum absolute atomic E-state index is 0.583. The Balaban J connectivity index is 1.65. The molecular weight excluding hydrogens is 310 g/mol. The van der Waals surface area contributed by atoms with Crippen LogP contribution in [-0.4, -0.2) is 21.5 Å². The molecule has 0 atom stereocenters. The summed E-state index contributed by atoms with van der Waals surface area (Å²) in [5.74, 6) is 0.949. The van der Waals surface area contributed by atoms with E-state index in [0.717, 1.165) is 47.7 Å². The highest BCUT2D eigenvalue weighted by Gasteiger charge is 2.20. The summed E-state index contributed by atoms with van der Waals surface area (Å²) in [6, 6.07) is 8.09. The van der Waals surface area contributed by atoms with Gasteiger partial charge in [-0.25, -0.2) is 4.85 Å². The first-order chi connectivity index (χ1) is 12.2. The molecule has 0 saturated carbocycles. The number of fused-ring (bicyclic) bond motifs is 1. The maximum Gasteiger partial charge on any atom is 0.205 e. The molecule has 4 heterocycles. The molecule has 122 valence electrons. The van der Waals surface area contributed by atoms with Crippen molar-refractivity contribution >= 4 is 11.5 Å². The first kappa shape index (κ1) is 15.3. The number of aryl methyl sites for hydroxylation is 1. The maximum absolute atomic E-state index is 7.12. The maximum atomic E-state index is 7.12. The van der Waals surface area contributed by atoms with Crippen LogP contribution in [0.1, 0.15) is 16.8 Å². The second kappa shape index (κ2) is 6.33. The van der Waals surface area contributed by atoms with Crippen LogP contribution in [0.3, 0.4) is 0 Å². The second-order valence-electron chi connectivity index (χ2n) is 6.19. The van der Waals surface area contributed by atoms with Gasteiger partial charge in [0, 0.05) is 61.1 Å². The summed E-state index contributed by atoms with van der Waals surface area (Å²) in [7, 11) is 0. The number of hydrogen-bond acceptors (Lipinski definition) is 4. The van der Waals surface area contributed by atoms with Crippen LogP contribution >= 0.6 is 0 Å². The third kappa shape index (κ3) is 2.94. The first-order valence-corrected chi connectivity index (χ1v) is 8.22. The molecule has 3 aromatic heterocycles. The predicted molar refractivity (Wildman–Crippen MR) is 97.5 cm³/mol. The van der Waals surface area contributed by atoms with Crippen molar-refractivity contribution in [1.82, 2.24) is 15.0 Å². The molecule has 3 aromatic rings. The number of pyridine rings is 3. The van der Waals surface area contributed by atoms with Crippen LogP contribution in [0.5, 0.6) is 0 Å². The lowest BCUT2D eigenvalue weighted by atomic mass is 10.0. The van der Waals surface area contributed by atoms with E-state index in [9.17, 15) is 0 Å². The molecule has 0 radical (unpaired) electrons. The summed E-state index contributed by atoms with van der Waals surface area (Å²) >= 11 is 0. The first-order valence-electron chi connectivity index (χ1n) is 8.22. The Morgan fingerprint density at radius 3 is 2.80 bits per heavy atom. The monoisotopic (exact) mass is 327 g/mol. The van der Waals surface area contributed by atoms with Gasteiger partial charge in [0.25, 0.3) is 0 Å². The quantitative estimate of drug-likeness (QED) is 0.668. The largest absolute Gasteiger partial charge is 0.352 e. The number of nitrogens with zero attached hydrogens (tertiary/aromatic N) is 5. The van der Waals surface area contributed by atoms with E-state index >= 15 is 0 Å². The van der Waals surface area contributed by atoms with Gasteiger partial charge in [0.1, 0.15) is 5.82 Å². The topological polar surface area (TPSA) is 46.3 Å². The molecule has 0 aliphatic carbocycles. The molecule has 5 nitrogen and oxygen atoms in total. The van der Waals surface area contributed by atoms with Crippen LogP contribution in [0.2, 0.25) is 0 Å². The van der Waals surface area contributed by atoms with Gasteiger partial charge in [-0.15, -0.1) is 0 Å². The Labute approximate surface area is 146 Å². The average molecular weight is 327 g/mol. The average Bonchev–Trinajstić information content (AvgIpc) is 2.67. The lowest BCUT2D eigenvalue weighted by Crippen LogP contribution is -2.32. The van der Waals surface area contributed by atoms with Crippen LogP contribution in [0.15, 0.2) is 49.1 Å². The molecule has 4 rings (SSSR count). The molecule has 0 saturated heterocycles. The standard InChI is InChI=1S/C20H17N5/c1-14-8-18(21-2)12-24-20(14)25-7-5-19-17(13-25)9-16(11-23-19)15-4-3-6-22-10-15/h3-4,6,8-12H,5,7,13H2,1H3. The summed E-state index contributed by atoms with van der Waals surface area (Å²) in [6.07, 6.45) is 8.11. The predicted octanol–water partition coefficient (Wildman–Crippen LogP) is 3.96. The van der Waals surface area contributed by atoms with Crippen LogP contribution in [-0.2, 0) is 13.0 Å². The molecule has 1 aliphatic rings. The van der Waals surface area contributed by atoms with Gasteiger partial charge in [0.15, 0.2) is 0 Å². The number of hydrogen-bond donors (Lipinski definition) is 0. The summed E-state index contributed by atoms with van der Waals surface area (Å²) in [5.41, 5.74) is 6.15. The van der Waals surface area contributed by atoms with Crippen molar-refractivity contribution in [3.63, 3.8) is 0 Å². The highest BCUT2D eigenvalue weighted by Crippen LogP contribution is 2.29. The van der Waals surface area contributed by atoms with E-state index in [1.54, 1.807) is 12.4 Å². The lowest BCUT2D eigenvalue weighted by Gasteiger charge is -2.30. The third-order valence-electron chi connectivity index (χ3n) is 4.50. The fourth-order valence-corrected chi connectivity index (χ4v) is 3.24. The molecule has 25 heavy (non-hydrogen) atoms. The fourth-order valence-electron chi connectivity index (χ4n) is 3.24. The fraction of sp³-hybridized carbons (Fsp3) is 0.200. The molecule has 0 amide bonds. The van der Waals surface area contributed by atoms with Crippen molar-refractivity contribution in [2.75, 3.05) is 11.4 Å². The number of rotatable bonds is 2. The van der Waals surface area contributed by atoms with Crippen LogP contribution in [0.25, 0.3) is 16.0 Å². The van der Waals surface area contributed by atoms with E-state index in [0.29, 0.717) is 5.69 Å². The van der Waals surface area contributed by atoms with Crippen molar-refractivity contribution < 1.29 is 0 Å². The van der Waals surface area contributed by atoms with Crippen LogP contribution in [0, 0.1) is 13.5 Å². The lowest BCUT2D eigenvalue weighted by molar-refractivity contribution is 0.701. The Morgan fingerprint density at radius 2 is 2.04 bits per heavy atom. The van der Waals surface area contributed by atoms with Gasteiger partial charge >= 0.3 is 0 Å². The Kier molecular flexibility index (Phi) is 3.87. The zero-order valence-corrected chi connectivity index (χ0v) is 14.0. The van der Waals surface area contributed by atoms with Gasteiger partial charge in [-0.05, 0) is 36.2 Å². The smallest absolute Gasteiger partial charge is 0.205 e. The van der Waals surface area contributed by atoms with Gasteiger partial charge in [-0.1, -0.05) is 6.07 Å². The van der Waals surface area contributed by atoms with Crippen molar-refractivity contribution in [2.45, 2.75) is 19.9 Å². The highest BCUT2D eigenvalue weighted by molar-refractivity contribution is 5.63.